The summed E-state index contributed by atoms with van der Waals surface area (Å²) in [5.74, 6) is 1.11. The standard InChI is InChI=1S/C31H35NO6/c1-4-19-35-28-17-18-29(32-22-28)24-9-15-27(16-10-24)38-31(34)25-11-13-26(14-12-25)36-20-7-5-6-8-21-37-30(33)23(2)3/h9-18,22H,2,4-8,19-21H2,1,3H3. The molecule has 2 aromatic carbocycles. The number of pyridine rings is 1. The molecule has 0 saturated carbocycles. The molecule has 0 aliphatic rings. The number of hydrogen-bond donors (Lipinski definition) is 0. The predicted octanol–water partition coefficient (Wildman–Crippen LogP) is 6.82. The van der Waals surface area contributed by atoms with Gasteiger partial charge in [-0.3, -0.25) is 4.98 Å². The Kier molecular flexibility index (Phi) is 11.4. The Morgan fingerprint density at radius 1 is 0.763 bits per heavy atom. The number of aromatic nitrogens is 1. The predicted molar refractivity (Wildman–Crippen MR) is 147 cm³/mol. The van der Waals surface area contributed by atoms with E-state index in [9.17, 15) is 9.59 Å². The van der Waals surface area contributed by atoms with Crippen LogP contribution < -0.4 is 14.2 Å². The van der Waals surface area contributed by atoms with Crippen LogP contribution in [0.1, 0.15) is 56.3 Å². The first-order valence-electron chi connectivity index (χ1n) is 12.9. The zero-order valence-electron chi connectivity index (χ0n) is 22.1. The highest BCUT2D eigenvalue weighted by Gasteiger charge is 2.10. The maximum Gasteiger partial charge on any atom is 0.343 e. The molecule has 0 atom stereocenters. The monoisotopic (exact) mass is 517 g/mol. The number of ether oxygens (including phenoxy) is 4. The van der Waals surface area contributed by atoms with Crippen molar-refractivity contribution in [3.63, 3.8) is 0 Å². The lowest BCUT2D eigenvalue weighted by Crippen LogP contribution is -2.08. The number of carbonyl (C=O) groups is 2. The third-order valence-corrected chi connectivity index (χ3v) is 5.55. The Labute approximate surface area is 224 Å². The van der Waals surface area contributed by atoms with Gasteiger partial charge in [0.25, 0.3) is 0 Å². The van der Waals surface area contributed by atoms with Crippen LogP contribution >= 0.6 is 0 Å². The first kappa shape index (κ1) is 28.4. The second-order valence-corrected chi connectivity index (χ2v) is 8.84. The van der Waals surface area contributed by atoms with Crippen molar-refractivity contribution >= 4 is 11.9 Å². The van der Waals surface area contributed by atoms with Crippen molar-refractivity contribution in [1.82, 2.24) is 4.98 Å². The van der Waals surface area contributed by atoms with Crippen molar-refractivity contribution in [1.29, 1.82) is 0 Å². The minimum Gasteiger partial charge on any atom is -0.494 e. The summed E-state index contributed by atoms with van der Waals surface area (Å²) < 4.78 is 21.9. The van der Waals surface area contributed by atoms with Gasteiger partial charge in [0.05, 0.1) is 37.3 Å². The number of hydrogen-bond acceptors (Lipinski definition) is 7. The molecule has 0 bridgehead atoms. The smallest absolute Gasteiger partial charge is 0.343 e. The largest absolute Gasteiger partial charge is 0.494 e. The van der Waals surface area contributed by atoms with E-state index in [0.29, 0.717) is 42.5 Å². The molecule has 7 nitrogen and oxygen atoms in total. The van der Waals surface area contributed by atoms with Crippen LogP contribution in [0, 0.1) is 0 Å². The van der Waals surface area contributed by atoms with Gasteiger partial charge in [0.15, 0.2) is 0 Å². The highest BCUT2D eigenvalue weighted by atomic mass is 16.5. The summed E-state index contributed by atoms with van der Waals surface area (Å²) in [6.45, 7) is 8.90. The summed E-state index contributed by atoms with van der Waals surface area (Å²) in [4.78, 5) is 28.3. The van der Waals surface area contributed by atoms with Gasteiger partial charge in [-0.25, -0.2) is 9.59 Å². The molecule has 1 heterocycles. The Hall–Kier alpha value is -4.13. The number of carbonyl (C=O) groups excluding carboxylic acids is 2. The van der Waals surface area contributed by atoms with Crippen molar-refractivity contribution in [2.24, 2.45) is 0 Å². The molecule has 3 aromatic rings. The number of benzene rings is 2. The van der Waals surface area contributed by atoms with E-state index < -0.39 is 5.97 Å². The van der Waals surface area contributed by atoms with Crippen molar-refractivity contribution < 1.29 is 28.5 Å². The van der Waals surface area contributed by atoms with Crippen LogP contribution in [0.25, 0.3) is 11.3 Å². The average molecular weight is 518 g/mol. The van der Waals surface area contributed by atoms with Crippen molar-refractivity contribution in [2.75, 3.05) is 19.8 Å². The topological polar surface area (TPSA) is 84.0 Å². The van der Waals surface area contributed by atoms with Gasteiger partial charge in [-0.05, 0) is 99.7 Å². The maximum atomic E-state index is 12.5. The summed E-state index contributed by atoms with van der Waals surface area (Å²) in [5.41, 5.74) is 2.58. The van der Waals surface area contributed by atoms with E-state index in [4.69, 9.17) is 18.9 Å². The average Bonchev–Trinajstić information content (AvgIpc) is 2.94. The van der Waals surface area contributed by atoms with Crippen molar-refractivity contribution in [3.8, 4) is 28.5 Å². The Morgan fingerprint density at radius 2 is 1.39 bits per heavy atom. The van der Waals surface area contributed by atoms with E-state index in [-0.39, 0.29) is 5.97 Å². The molecule has 3 rings (SSSR count). The molecule has 0 amide bonds. The summed E-state index contributed by atoms with van der Waals surface area (Å²) in [6.07, 6.45) is 6.29. The van der Waals surface area contributed by atoms with E-state index >= 15 is 0 Å². The minimum atomic E-state index is -0.438. The molecule has 0 saturated heterocycles. The van der Waals surface area contributed by atoms with Gasteiger partial charge in [0, 0.05) is 11.1 Å². The van der Waals surface area contributed by atoms with E-state index in [1.54, 1.807) is 49.5 Å². The molecule has 0 aliphatic carbocycles. The highest BCUT2D eigenvalue weighted by molar-refractivity contribution is 5.91. The molecule has 0 N–H and O–H groups in total. The number of nitrogens with zero attached hydrogens (tertiary/aromatic N) is 1. The SMILES string of the molecule is C=C(C)C(=O)OCCCCCCOc1ccc(C(=O)Oc2ccc(-c3ccc(OCCC)cn3)cc2)cc1. The van der Waals surface area contributed by atoms with Gasteiger partial charge >= 0.3 is 11.9 Å². The molecule has 7 heteroatoms. The number of unbranched alkanes of at least 4 members (excludes halogenated alkanes) is 3. The lowest BCUT2D eigenvalue weighted by Gasteiger charge is -2.09. The van der Waals surface area contributed by atoms with E-state index in [2.05, 4.69) is 18.5 Å². The zero-order chi connectivity index (χ0) is 27.2. The lowest BCUT2D eigenvalue weighted by molar-refractivity contribution is -0.139. The van der Waals surface area contributed by atoms with E-state index in [1.165, 1.54) is 0 Å². The first-order chi connectivity index (χ1) is 18.5. The van der Waals surface area contributed by atoms with Crippen LogP contribution in [0.3, 0.4) is 0 Å². The Morgan fingerprint density at radius 3 is 2.03 bits per heavy atom. The lowest BCUT2D eigenvalue weighted by atomic mass is 10.1. The fourth-order valence-corrected chi connectivity index (χ4v) is 3.44. The fraction of sp³-hybridized carbons (Fsp3) is 0.323. The van der Waals surface area contributed by atoms with Crippen LogP contribution in [0.4, 0.5) is 0 Å². The maximum absolute atomic E-state index is 12.5. The van der Waals surface area contributed by atoms with E-state index in [0.717, 1.165) is 49.1 Å². The van der Waals surface area contributed by atoms with Gasteiger partial charge in [0.2, 0.25) is 0 Å². The molecule has 1 aromatic heterocycles. The Bertz CT molecular complexity index is 1170. The van der Waals surface area contributed by atoms with Gasteiger partial charge in [0.1, 0.15) is 17.2 Å². The fourth-order valence-electron chi connectivity index (χ4n) is 3.44. The van der Waals surface area contributed by atoms with Crippen molar-refractivity contribution in [2.45, 2.75) is 46.0 Å². The van der Waals surface area contributed by atoms with Crippen LogP contribution in [0.5, 0.6) is 17.2 Å². The highest BCUT2D eigenvalue weighted by Crippen LogP contribution is 2.23. The summed E-state index contributed by atoms with van der Waals surface area (Å²) >= 11 is 0. The van der Waals surface area contributed by atoms with Gasteiger partial charge in [-0.1, -0.05) is 13.5 Å². The quantitative estimate of drug-likeness (QED) is 0.0947. The first-order valence-corrected chi connectivity index (χ1v) is 12.9. The van der Waals surface area contributed by atoms with Crippen LogP contribution in [-0.2, 0) is 9.53 Å². The molecule has 200 valence electrons. The molecule has 0 unspecified atom stereocenters. The summed E-state index contributed by atoms with van der Waals surface area (Å²) in [5, 5.41) is 0. The Balaban J connectivity index is 1.38. The third-order valence-electron chi connectivity index (χ3n) is 5.55. The van der Waals surface area contributed by atoms with Crippen LogP contribution in [0.2, 0.25) is 0 Å². The molecule has 0 aliphatic heterocycles. The zero-order valence-corrected chi connectivity index (χ0v) is 22.1. The minimum absolute atomic E-state index is 0.341. The molecule has 0 radical (unpaired) electrons. The molecular formula is C31H35NO6. The molecule has 0 spiro atoms. The van der Waals surface area contributed by atoms with Gasteiger partial charge in [-0.15, -0.1) is 0 Å². The molecular weight excluding hydrogens is 482 g/mol. The second kappa shape index (κ2) is 15.2. The normalized spacial score (nSPS) is 10.5. The van der Waals surface area contributed by atoms with E-state index in [1.807, 2.05) is 24.3 Å². The summed E-state index contributed by atoms with van der Waals surface area (Å²) in [6, 6.07) is 17.9. The van der Waals surface area contributed by atoms with Crippen molar-refractivity contribution in [3.05, 3.63) is 84.6 Å². The van der Waals surface area contributed by atoms with Gasteiger partial charge in [-0.2, -0.15) is 0 Å². The van der Waals surface area contributed by atoms with Gasteiger partial charge < -0.3 is 18.9 Å². The molecule has 38 heavy (non-hydrogen) atoms. The third kappa shape index (κ3) is 9.39. The van der Waals surface area contributed by atoms with Crippen LogP contribution in [0.15, 0.2) is 79.0 Å². The number of rotatable bonds is 15. The number of esters is 2. The second-order valence-electron chi connectivity index (χ2n) is 8.84. The molecule has 0 fully saturated rings. The van der Waals surface area contributed by atoms with Crippen LogP contribution in [-0.4, -0.2) is 36.7 Å². The summed E-state index contributed by atoms with van der Waals surface area (Å²) in [7, 11) is 0.